The fourth-order valence-corrected chi connectivity index (χ4v) is 5.29. The molecule has 2 heterocycles. The van der Waals surface area contributed by atoms with Crippen molar-refractivity contribution in [2.24, 2.45) is 0 Å². The Morgan fingerprint density at radius 1 is 1.09 bits per heavy atom. The van der Waals surface area contributed by atoms with Crippen LogP contribution in [0.3, 0.4) is 0 Å². The second kappa shape index (κ2) is 8.87. The van der Waals surface area contributed by atoms with Crippen LogP contribution < -0.4 is 5.56 Å². The van der Waals surface area contributed by atoms with Crippen LogP contribution in [0.2, 0.25) is 0 Å². The Bertz CT molecular complexity index is 1160. The summed E-state index contributed by atoms with van der Waals surface area (Å²) in [6.07, 6.45) is 6.23. The standard InChI is InChI=1S/C26H30N4O2/c1-28(25(31)12-14-30-18-27-24-11-5-4-10-23(24)26(30)32)21-9-6-13-29(17-21)22-15-19-7-2-3-8-20(19)16-22/h2-5,7-8,10-11,18,21-22H,6,9,12-17H2,1H3. The number of nitrogens with zero attached hydrogens (tertiary/aromatic N) is 4. The molecule has 1 unspecified atom stereocenters. The predicted octanol–water partition coefficient (Wildman–Crippen LogP) is 2.88. The Balaban J connectivity index is 1.20. The maximum Gasteiger partial charge on any atom is 0.261 e. The van der Waals surface area contributed by atoms with E-state index < -0.39 is 0 Å². The van der Waals surface area contributed by atoms with E-state index in [0.717, 1.165) is 38.8 Å². The number of para-hydroxylation sites is 1. The van der Waals surface area contributed by atoms with Crippen molar-refractivity contribution in [2.45, 2.75) is 50.7 Å². The van der Waals surface area contributed by atoms with Crippen LogP contribution in [0, 0.1) is 0 Å². The van der Waals surface area contributed by atoms with Gasteiger partial charge in [0.1, 0.15) is 0 Å². The molecule has 1 atom stereocenters. The summed E-state index contributed by atoms with van der Waals surface area (Å²) in [6.45, 7) is 2.39. The molecule has 1 aliphatic heterocycles. The molecule has 32 heavy (non-hydrogen) atoms. The Morgan fingerprint density at radius 3 is 2.59 bits per heavy atom. The molecule has 6 nitrogen and oxygen atoms in total. The molecule has 0 radical (unpaired) electrons. The highest BCUT2D eigenvalue weighted by Crippen LogP contribution is 2.28. The number of amides is 1. The van der Waals surface area contributed by atoms with Gasteiger partial charge in [-0.05, 0) is 55.5 Å². The molecular weight excluding hydrogens is 400 g/mol. The van der Waals surface area contributed by atoms with Crippen LogP contribution in [-0.4, -0.2) is 57.5 Å². The number of carbonyl (C=O) groups excluding carboxylic acids is 1. The molecule has 0 saturated carbocycles. The van der Waals surface area contributed by atoms with E-state index in [1.165, 1.54) is 11.1 Å². The van der Waals surface area contributed by atoms with Crippen LogP contribution in [0.4, 0.5) is 0 Å². The largest absolute Gasteiger partial charge is 0.341 e. The van der Waals surface area contributed by atoms with Crippen molar-refractivity contribution in [3.05, 3.63) is 76.3 Å². The molecule has 6 heteroatoms. The minimum Gasteiger partial charge on any atom is -0.341 e. The number of carbonyl (C=O) groups is 1. The van der Waals surface area contributed by atoms with E-state index in [-0.39, 0.29) is 17.5 Å². The van der Waals surface area contributed by atoms with Gasteiger partial charge in [-0.2, -0.15) is 0 Å². The molecule has 3 aromatic rings. The summed E-state index contributed by atoms with van der Waals surface area (Å²) in [5.41, 5.74) is 3.54. The molecule has 1 saturated heterocycles. The number of aryl methyl sites for hydroxylation is 1. The van der Waals surface area contributed by atoms with Crippen LogP contribution >= 0.6 is 0 Å². The first-order valence-electron chi connectivity index (χ1n) is 11.6. The van der Waals surface area contributed by atoms with Crippen LogP contribution in [0.5, 0.6) is 0 Å². The summed E-state index contributed by atoms with van der Waals surface area (Å²) in [4.78, 5) is 34.5. The van der Waals surface area contributed by atoms with Crippen molar-refractivity contribution in [1.29, 1.82) is 0 Å². The minimum absolute atomic E-state index is 0.0873. The third-order valence-electron chi connectivity index (χ3n) is 7.21. The molecule has 5 rings (SSSR count). The average Bonchev–Trinajstić information content (AvgIpc) is 3.28. The maximum atomic E-state index is 13.0. The van der Waals surface area contributed by atoms with Gasteiger partial charge in [0, 0.05) is 38.6 Å². The summed E-state index contributed by atoms with van der Waals surface area (Å²) in [5, 5.41) is 0.594. The van der Waals surface area contributed by atoms with E-state index in [2.05, 4.69) is 34.1 Å². The van der Waals surface area contributed by atoms with Crippen LogP contribution in [0.1, 0.15) is 30.4 Å². The maximum absolute atomic E-state index is 13.0. The van der Waals surface area contributed by atoms with Crippen LogP contribution in [0.15, 0.2) is 59.7 Å². The molecule has 0 spiro atoms. The number of aromatic nitrogens is 2. The van der Waals surface area contributed by atoms with Crippen molar-refractivity contribution in [2.75, 3.05) is 20.1 Å². The molecule has 1 amide bonds. The lowest BCUT2D eigenvalue weighted by Gasteiger charge is -2.40. The summed E-state index contributed by atoms with van der Waals surface area (Å²) < 4.78 is 1.55. The lowest BCUT2D eigenvalue weighted by Crippen LogP contribution is -2.51. The lowest BCUT2D eigenvalue weighted by molar-refractivity contribution is -0.133. The zero-order valence-electron chi connectivity index (χ0n) is 18.6. The minimum atomic E-state index is -0.0873. The monoisotopic (exact) mass is 430 g/mol. The highest BCUT2D eigenvalue weighted by Gasteiger charge is 2.32. The fraction of sp³-hybridized carbons (Fsp3) is 0.423. The topological polar surface area (TPSA) is 58.4 Å². The molecule has 1 fully saturated rings. The van der Waals surface area contributed by atoms with E-state index in [4.69, 9.17) is 0 Å². The van der Waals surface area contributed by atoms with Crippen molar-refractivity contribution in [3.63, 3.8) is 0 Å². The first kappa shape index (κ1) is 20.9. The van der Waals surface area contributed by atoms with Gasteiger partial charge >= 0.3 is 0 Å². The molecule has 166 valence electrons. The van der Waals surface area contributed by atoms with Crippen LogP contribution in [-0.2, 0) is 24.2 Å². The second-order valence-electron chi connectivity index (χ2n) is 9.14. The molecule has 2 aliphatic rings. The number of likely N-dealkylation sites (N-methyl/N-ethyl adjacent to an activating group) is 1. The SMILES string of the molecule is CN(C(=O)CCn1cnc2ccccc2c1=O)C1CCCN(C2Cc3ccccc3C2)C1. The summed E-state index contributed by atoms with van der Waals surface area (Å²) in [5.74, 6) is 0.0895. The van der Waals surface area contributed by atoms with E-state index >= 15 is 0 Å². The molecule has 1 aliphatic carbocycles. The lowest BCUT2D eigenvalue weighted by atomic mass is 10.0. The zero-order chi connectivity index (χ0) is 22.1. The van der Waals surface area contributed by atoms with Crippen molar-refractivity contribution in [1.82, 2.24) is 19.4 Å². The Hall–Kier alpha value is -2.99. The van der Waals surface area contributed by atoms with Gasteiger partial charge in [0.25, 0.3) is 5.56 Å². The quantitative estimate of drug-likeness (QED) is 0.625. The molecule has 0 bridgehead atoms. The van der Waals surface area contributed by atoms with Gasteiger partial charge in [0.05, 0.1) is 17.2 Å². The smallest absolute Gasteiger partial charge is 0.261 e. The van der Waals surface area contributed by atoms with Crippen molar-refractivity contribution < 1.29 is 4.79 Å². The Labute approximate surface area is 188 Å². The molecule has 1 aromatic heterocycles. The first-order chi connectivity index (χ1) is 15.6. The highest BCUT2D eigenvalue weighted by molar-refractivity contribution is 5.77. The average molecular weight is 431 g/mol. The summed E-state index contributed by atoms with van der Waals surface area (Å²) in [7, 11) is 1.92. The van der Waals surface area contributed by atoms with Crippen molar-refractivity contribution >= 4 is 16.8 Å². The molecular formula is C26H30N4O2. The number of likely N-dealkylation sites (tertiary alicyclic amines) is 1. The summed E-state index contributed by atoms with van der Waals surface area (Å²) in [6, 6.07) is 16.8. The third kappa shape index (κ3) is 4.07. The molecule has 0 N–H and O–H groups in total. The molecule has 2 aromatic carbocycles. The van der Waals surface area contributed by atoms with Crippen LogP contribution in [0.25, 0.3) is 10.9 Å². The Morgan fingerprint density at radius 2 is 1.81 bits per heavy atom. The Kier molecular flexibility index (Phi) is 5.79. The van der Waals surface area contributed by atoms with Gasteiger partial charge in [-0.25, -0.2) is 4.98 Å². The van der Waals surface area contributed by atoms with Gasteiger partial charge in [0.2, 0.25) is 5.91 Å². The highest BCUT2D eigenvalue weighted by atomic mass is 16.2. The number of rotatable bonds is 5. The normalized spacial score (nSPS) is 19.2. The zero-order valence-corrected chi connectivity index (χ0v) is 18.6. The van der Waals surface area contributed by atoms with Gasteiger partial charge in [-0.1, -0.05) is 36.4 Å². The van der Waals surface area contributed by atoms with Gasteiger partial charge in [0.15, 0.2) is 0 Å². The number of benzene rings is 2. The number of hydrogen-bond donors (Lipinski definition) is 0. The van der Waals surface area contributed by atoms with Gasteiger partial charge in [-0.3, -0.25) is 19.1 Å². The predicted molar refractivity (Wildman–Crippen MR) is 126 cm³/mol. The number of fused-ring (bicyclic) bond motifs is 2. The van der Waals surface area contributed by atoms with E-state index in [0.29, 0.717) is 29.9 Å². The van der Waals surface area contributed by atoms with E-state index in [9.17, 15) is 9.59 Å². The number of hydrogen-bond acceptors (Lipinski definition) is 4. The summed E-state index contributed by atoms with van der Waals surface area (Å²) >= 11 is 0. The number of piperidine rings is 1. The second-order valence-corrected chi connectivity index (χ2v) is 9.14. The van der Waals surface area contributed by atoms with Gasteiger partial charge < -0.3 is 4.90 Å². The fourth-order valence-electron chi connectivity index (χ4n) is 5.29. The van der Waals surface area contributed by atoms with E-state index in [1.807, 2.05) is 30.1 Å². The first-order valence-corrected chi connectivity index (χ1v) is 11.6. The van der Waals surface area contributed by atoms with Crippen molar-refractivity contribution in [3.8, 4) is 0 Å². The van der Waals surface area contributed by atoms with Gasteiger partial charge in [-0.15, -0.1) is 0 Å². The van der Waals surface area contributed by atoms with E-state index in [1.54, 1.807) is 17.0 Å². The third-order valence-corrected chi connectivity index (χ3v) is 7.21.